The van der Waals surface area contributed by atoms with Gasteiger partial charge >= 0.3 is 17.9 Å². The van der Waals surface area contributed by atoms with E-state index in [1.165, 1.54) is 12.2 Å². The van der Waals surface area contributed by atoms with Crippen molar-refractivity contribution in [3.63, 3.8) is 0 Å². The van der Waals surface area contributed by atoms with E-state index in [9.17, 15) is 19.5 Å². The summed E-state index contributed by atoms with van der Waals surface area (Å²) in [5.41, 5.74) is -2.34. The van der Waals surface area contributed by atoms with E-state index in [1.54, 1.807) is 6.08 Å². The summed E-state index contributed by atoms with van der Waals surface area (Å²) in [5, 5.41) is 20.0. The molecule has 0 bridgehead atoms. The number of aliphatic carboxylic acids is 1. The number of cyclic esters (lactones) is 1. The molecular weight excluding hydrogens is 364 g/mol. The summed E-state index contributed by atoms with van der Waals surface area (Å²) in [6.45, 7) is 5.99. The first kappa shape index (κ1) is 20.3. The highest BCUT2D eigenvalue weighted by Crippen LogP contribution is 2.63. The van der Waals surface area contributed by atoms with Gasteiger partial charge in [0.15, 0.2) is 5.60 Å². The maximum absolute atomic E-state index is 12.5. The minimum Gasteiger partial charge on any atom is -0.478 e. The molecule has 28 heavy (non-hydrogen) atoms. The predicted octanol–water partition coefficient (Wildman–Crippen LogP) is 2.16. The van der Waals surface area contributed by atoms with Crippen LogP contribution in [0, 0.1) is 16.7 Å². The fourth-order valence-corrected chi connectivity index (χ4v) is 5.39. The van der Waals surface area contributed by atoms with Gasteiger partial charge in [0.2, 0.25) is 0 Å². The fraction of sp³-hybridized carbons (Fsp3) is 0.571. The maximum atomic E-state index is 12.5. The van der Waals surface area contributed by atoms with Crippen molar-refractivity contribution in [3.05, 3.63) is 36.0 Å². The minimum absolute atomic E-state index is 0.0106. The fourth-order valence-electron chi connectivity index (χ4n) is 5.39. The van der Waals surface area contributed by atoms with Gasteiger partial charge in [0.25, 0.3) is 0 Å². The molecule has 1 aliphatic heterocycles. The van der Waals surface area contributed by atoms with Crippen LogP contribution in [0.15, 0.2) is 36.0 Å². The lowest BCUT2D eigenvalue weighted by Crippen LogP contribution is -2.65. The first-order valence-corrected chi connectivity index (χ1v) is 9.41. The van der Waals surface area contributed by atoms with Gasteiger partial charge in [-0.05, 0) is 24.3 Å². The zero-order valence-electron chi connectivity index (χ0n) is 16.3. The number of carbonyl (C=O) groups is 3. The van der Waals surface area contributed by atoms with Crippen molar-refractivity contribution in [1.82, 2.24) is 0 Å². The average molecular weight is 390 g/mol. The Bertz CT molecular complexity index is 791. The molecule has 0 radical (unpaired) electrons. The van der Waals surface area contributed by atoms with E-state index in [1.807, 2.05) is 6.92 Å². The van der Waals surface area contributed by atoms with Crippen molar-refractivity contribution in [1.29, 1.82) is 0 Å². The van der Waals surface area contributed by atoms with Gasteiger partial charge in [0, 0.05) is 29.1 Å². The van der Waals surface area contributed by atoms with Crippen molar-refractivity contribution in [2.75, 3.05) is 6.61 Å². The molecule has 7 nitrogen and oxygen atoms in total. The topological polar surface area (TPSA) is 110 Å². The van der Waals surface area contributed by atoms with E-state index in [-0.39, 0.29) is 17.9 Å². The van der Waals surface area contributed by atoms with E-state index in [2.05, 4.69) is 13.8 Å². The van der Waals surface area contributed by atoms with Crippen molar-refractivity contribution in [3.8, 4) is 0 Å². The molecule has 0 amide bonds. The van der Waals surface area contributed by atoms with Crippen LogP contribution in [-0.4, -0.2) is 46.4 Å². The quantitative estimate of drug-likeness (QED) is 0.327. The summed E-state index contributed by atoms with van der Waals surface area (Å²) < 4.78 is 10.9. The number of carboxylic acids is 1. The Morgan fingerprint density at radius 3 is 2.57 bits per heavy atom. The number of allylic oxidation sites excluding steroid dienone is 2. The van der Waals surface area contributed by atoms with Gasteiger partial charge in [-0.25, -0.2) is 14.4 Å². The minimum atomic E-state index is -1.70. The van der Waals surface area contributed by atoms with Crippen LogP contribution in [0.1, 0.15) is 40.0 Å². The molecule has 0 aromatic heterocycles. The molecule has 152 valence electrons. The molecule has 1 saturated heterocycles. The molecule has 1 heterocycles. The highest BCUT2D eigenvalue weighted by atomic mass is 16.6. The van der Waals surface area contributed by atoms with E-state index < -0.39 is 35.0 Å². The summed E-state index contributed by atoms with van der Waals surface area (Å²) in [5.74, 6) is -2.64. The smallest absolute Gasteiger partial charge is 0.343 e. The average Bonchev–Trinajstić information content (AvgIpc) is 2.87. The molecule has 0 aromatic rings. The molecule has 4 atom stereocenters. The second-order valence-electron chi connectivity index (χ2n) is 8.67. The standard InChI is InChI=1S/C21H26O7/c1-19(2)9-6-10-20(3)17(19)14(11-13-12-27-18(25)21(13,20)26)28-16(24)8-5-4-7-15(22)23/h4-5,7-8,11,14,17,26H,6,9-10,12H2,1-3H3,(H,22,23)/t14-,17?,20+,21+/m1/s1. The van der Waals surface area contributed by atoms with Crippen LogP contribution in [0.5, 0.6) is 0 Å². The van der Waals surface area contributed by atoms with Crippen LogP contribution in [0.2, 0.25) is 0 Å². The summed E-state index contributed by atoms with van der Waals surface area (Å²) >= 11 is 0. The van der Waals surface area contributed by atoms with E-state index in [0.717, 1.165) is 25.0 Å². The van der Waals surface area contributed by atoms with Gasteiger partial charge < -0.3 is 19.7 Å². The van der Waals surface area contributed by atoms with Gasteiger partial charge in [0.05, 0.1) is 0 Å². The maximum Gasteiger partial charge on any atom is 0.343 e. The Morgan fingerprint density at radius 1 is 1.21 bits per heavy atom. The molecule has 2 fully saturated rings. The lowest BCUT2D eigenvalue weighted by atomic mass is 9.46. The summed E-state index contributed by atoms with van der Waals surface area (Å²) in [7, 11) is 0. The zero-order valence-corrected chi connectivity index (χ0v) is 16.3. The second-order valence-corrected chi connectivity index (χ2v) is 8.67. The highest BCUT2D eigenvalue weighted by molar-refractivity contribution is 5.89. The molecule has 1 unspecified atom stereocenters. The third-order valence-electron chi connectivity index (χ3n) is 6.52. The molecule has 2 N–H and O–H groups in total. The van der Waals surface area contributed by atoms with Gasteiger partial charge in [-0.3, -0.25) is 0 Å². The number of hydrogen-bond donors (Lipinski definition) is 2. The van der Waals surface area contributed by atoms with E-state index >= 15 is 0 Å². The van der Waals surface area contributed by atoms with Gasteiger partial charge in [-0.15, -0.1) is 0 Å². The molecular formula is C21H26O7. The highest BCUT2D eigenvalue weighted by Gasteiger charge is 2.69. The predicted molar refractivity (Wildman–Crippen MR) is 99.0 cm³/mol. The number of ether oxygens (including phenoxy) is 2. The van der Waals surface area contributed by atoms with Crippen molar-refractivity contribution in [2.24, 2.45) is 16.7 Å². The molecule has 0 spiro atoms. The Balaban J connectivity index is 1.94. The third kappa shape index (κ3) is 3.07. The number of esters is 2. The monoisotopic (exact) mass is 390 g/mol. The number of carbonyl (C=O) groups excluding carboxylic acids is 2. The van der Waals surface area contributed by atoms with Crippen LogP contribution in [0.25, 0.3) is 0 Å². The summed E-state index contributed by atoms with van der Waals surface area (Å²) in [4.78, 5) is 35.3. The second kappa shape index (κ2) is 6.88. The van der Waals surface area contributed by atoms with Gasteiger partial charge in [-0.1, -0.05) is 39.3 Å². The molecule has 1 saturated carbocycles. The first-order valence-electron chi connectivity index (χ1n) is 9.41. The summed E-state index contributed by atoms with van der Waals surface area (Å²) in [6.07, 6.45) is 7.99. The SMILES string of the molecule is CC1(C)CCC[C@@]2(C)C1[C@H](OC(=O)C=CC=CC(=O)O)C=C1COC(=O)[C@@]12O. The number of rotatable bonds is 4. The number of aliphatic hydroxyl groups is 1. The first-order chi connectivity index (χ1) is 13.0. The van der Waals surface area contributed by atoms with Crippen molar-refractivity contribution >= 4 is 17.9 Å². The van der Waals surface area contributed by atoms with E-state index in [4.69, 9.17) is 14.6 Å². The Kier molecular flexibility index (Phi) is 5.00. The Hall–Kier alpha value is -2.41. The van der Waals surface area contributed by atoms with Crippen LogP contribution in [0.3, 0.4) is 0 Å². The number of carboxylic acid groups (broad SMARTS) is 1. The molecule has 3 rings (SSSR count). The number of fused-ring (bicyclic) bond motifs is 3. The summed E-state index contributed by atoms with van der Waals surface area (Å²) in [6, 6.07) is 0. The lowest BCUT2D eigenvalue weighted by Gasteiger charge is -2.59. The van der Waals surface area contributed by atoms with Gasteiger partial charge in [0.1, 0.15) is 12.7 Å². The molecule has 7 heteroatoms. The normalized spacial score (nSPS) is 36.6. The van der Waals surface area contributed by atoms with Crippen LogP contribution >= 0.6 is 0 Å². The van der Waals surface area contributed by atoms with Crippen LogP contribution < -0.4 is 0 Å². The zero-order chi connectivity index (χ0) is 20.7. The van der Waals surface area contributed by atoms with Crippen molar-refractivity contribution in [2.45, 2.75) is 51.7 Å². The molecule has 2 aliphatic carbocycles. The van der Waals surface area contributed by atoms with Gasteiger partial charge in [-0.2, -0.15) is 0 Å². The largest absolute Gasteiger partial charge is 0.478 e. The van der Waals surface area contributed by atoms with Crippen LogP contribution in [-0.2, 0) is 23.9 Å². The Labute approximate surface area is 163 Å². The van der Waals surface area contributed by atoms with E-state index in [0.29, 0.717) is 12.0 Å². The lowest BCUT2D eigenvalue weighted by molar-refractivity contribution is -0.194. The number of hydrogen-bond acceptors (Lipinski definition) is 6. The Morgan fingerprint density at radius 2 is 1.89 bits per heavy atom. The third-order valence-corrected chi connectivity index (χ3v) is 6.52. The molecule has 3 aliphatic rings. The van der Waals surface area contributed by atoms with Crippen LogP contribution in [0.4, 0.5) is 0 Å². The molecule has 0 aromatic carbocycles. The van der Waals surface area contributed by atoms with Crippen molar-refractivity contribution < 1.29 is 34.1 Å².